The van der Waals surface area contributed by atoms with Crippen LogP contribution in [0.25, 0.3) is 0 Å². The SMILES string of the molecule is CCOC(=O)[C@H]1CCCN(c2c(NCCc3ccc(S(N)(=O)=O)cc3)c(=O)c2=O)C1. The van der Waals surface area contributed by atoms with Gasteiger partial charge in [0.05, 0.1) is 17.4 Å². The van der Waals surface area contributed by atoms with E-state index in [1.54, 1.807) is 24.0 Å². The minimum atomic E-state index is -3.74. The van der Waals surface area contributed by atoms with Crippen molar-refractivity contribution in [2.24, 2.45) is 11.1 Å². The molecule has 30 heavy (non-hydrogen) atoms. The monoisotopic (exact) mass is 435 g/mol. The van der Waals surface area contributed by atoms with Gasteiger partial charge in [-0.25, -0.2) is 13.6 Å². The number of primary sulfonamides is 1. The third kappa shape index (κ3) is 4.71. The van der Waals surface area contributed by atoms with Gasteiger partial charge in [0.1, 0.15) is 11.4 Å². The zero-order chi connectivity index (χ0) is 21.9. The van der Waals surface area contributed by atoms with Crippen molar-refractivity contribution in [1.82, 2.24) is 0 Å². The van der Waals surface area contributed by atoms with Crippen LogP contribution in [0.2, 0.25) is 0 Å². The number of nitrogens with zero attached hydrogens (tertiary/aromatic N) is 1. The Hall–Kier alpha value is -2.72. The van der Waals surface area contributed by atoms with Crippen LogP contribution in [0.15, 0.2) is 38.8 Å². The molecule has 1 saturated heterocycles. The Morgan fingerprint density at radius 2 is 1.93 bits per heavy atom. The lowest BCUT2D eigenvalue weighted by Crippen LogP contribution is -2.47. The molecule has 0 unspecified atom stereocenters. The number of hydrogen-bond donors (Lipinski definition) is 2. The van der Waals surface area contributed by atoms with Gasteiger partial charge in [0.25, 0.3) is 10.9 Å². The number of nitrogens with one attached hydrogen (secondary N) is 1. The lowest BCUT2D eigenvalue weighted by Gasteiger charge is -2.34. The number of esters is 1. The molecule has 0 radical (unpaired) electrons. The van der Waals surface area contributed by atoms with E-state index in [1.165, 1.54) is 12.1 Å². The Balaban J connectivity index is 1.63. The molecular formula is C20H25N3O6S. The summed E-state index contributed by atoms with van der Waals surface area (Å²) in [6, 6.07) is 6.16. The van der Waals surface area contributed by atoms with Crippen LogP contribution in [-0.2, 0) is 26.0 Å². The zero-order valence-electron chi connectivity index (χ0n) is 16.7. The number of nitrogens with two attached hydrogens (primary N) is 1. The van der Waals surface area contributed by atoms with Crippen molar-refractivity contribution in [3.8, 4) is 0 Å². The van der Waals surface area contributed by atoms with E-state index in [4.69, 9.17) is 9.88 Å². The molecular weight excluding hydrogens is 410 g/mol. The van der Waals surface area contributed by atoms with E-state index < -0.39 is 20.9 Å². The minimum Gasteiger partial charge on any atom is -0.466 e. The fourth-order valence-corrected chi connectivity index (χ4v) is 4.17. The molecule has 1 atom stereocenters. The maximum atomic E-state index is 12.2. The number of sulfonamides is 1. The second-order valence-electron chi connectivity index (χ2n) is 7.28. The first kappa shape index (κ1) is 22.0. The molecule has 1 aliphatic rings. The van der Waals surface area contributed by atoms with Crippen molar-refractivity contribution < 1.29 is 17.9 Å². The maximum absolute atomic E-state index is 12.2. The molecule has 1 fully saturated rings. The summed E-state index contributed by atoms with van der Waals surface area (Å²) in [6.45, 7) is 3.40. The predicted molar refractivity (Wildman–Crippen MR) is 113 cm³/mol. The number of carbonyl (C=O) groups excluding carboxylic acids is 1. The smallest absolute Gasteiger partial charge is 0.310 e. The quantitative estimate of drug-likeness (QED) is 0.448. The summed E-state index contributed by atoms with van der Waals surface area (Å²) in [5, 5.41) is 8.10. The highest BCUT2D eigenvalue weighted by atomic mass is 32.2. The Morgan fingerprint density at radius 3 is 2.57 bits per heavy atom. The van der Waals surface area contributed by atoms with Crippen LogP contribution < -0.4 is 26.2 Å². The third-order valence-corrected chi connectivity index (χ3v) is 6.14. The molecule has 0 saturated carbocycles. The van der Waals surface area contributed by atoms with Gasteiger partial charge in [0.2, 0.25) is 10.0 Å². The number of carbonyl (C=O) groups is 1. The molecule has 3 rings (SSSR count). The molecule has 1 heterocycles. The molecule has 0 aromatic heterocycles. The van der Waals surface area contributed by atoms with Crippen LogP contribution in [0, 0.1) is 5.92 Å². The summed E-state index contributed by atoms with van der Waals surface area (Å²) in [6.07, 6.45) is 1.95. The molecule has 0 aliphatic carbocycles. The molecule has 9 nitrogen and oxygen atoms in total. The molecule has 3 N–H and O–H groups in total. The van der Waals surface area contributed by atoms with E-state index in [2.05, 4.69) is 5.32 Å². The maximum Gasteiger partial charge on any atom is 0.310 e. The molecule has 162 valence electrons. The van der Waals surface area contributed by atoms with Gasteiger partial charge in [-0.15, -0.1) is 0 Å². The van der Waals surface area contributed by atoms with Gasteiger partial charge in [0.15, 0.2) is 0 Å². The van der Waals surface area contributed by atoms with Gasteiger partial charge in [0, 0.05) is 19.6 Å². The average Bonchev–Trinajstić information content (AvgIpc) is 2.72. The number of hydrogen-bond acceptors (Lipinski definition) is 8. The second-order valence-corrected chi connectivity index (χ2v) is 8.85. The summed E-state index contributed by atoms with van der Waals surface area (Å²) in [5.41, 5.74) is 0.354. The normalized spacial score (nSPS) is 17.1. The fourth-order valence-electron chi connectivity index (χ4n) is 3.66. The van der Waals surface area contributed by atoms with Gasteiger partial charge < -0.3 is 15.0 Å². The molecule has 0 spiro atoms. The highest BCUT2D eigenvalue weighted by Crippen LogP contribution is 2.27. The number of benzene rings is 1. The van der Waals surface area contributed by atoms with Crippen molar-refractivity contribution in [1.29, 1.82) is 0 Å². The van der Waals surface area contributed by atoms with E-state index >= 15 is 0 Å². The first-order valence-corrected chi connectivity index (χ1v) is 11.4. The summed E-state index contributed by atoms with van der Waals surface area (Å²) in [5.74, 6) is -0.591. The highest BCUT2D eigenvalue weighted by molar-refractivity contribution is 7.89. The number of ether oxygens (including phenoxy) is 1. The Kier molecular flexibility index (Phi) is 6.57. The molecule has 2 aromatic carbocycles. The van der Waals surface area contributed by atoms with Gasteiger partial charge in [-0.05, 0) is 43.9 Å². The summed E-state index contributed by atoms with van der Waals surface area (Å²) in [4.78, 5) is 38.1. The van der Waals surface area contributed by atoms with E-state index in [9.17, 15) is 22.8 Å². The Labute approximate surface area is 174 Å². The zero-order valence-corrected chi connectivity index (χ0v) is 17.5. The van der Waals surface area contributed by atoms with Gasteiger partial charge in [-0.3, -0.25) is 14.4 Å². The minimum absolute atomic E-state index is 0.0326. The summed E-state index contributed by atoms with van der Waals surface area (Å²) < 4.78 is 27.7. The molecule has 2 aromatic rings. The van der Waals surface area contributed by atoms with Crippen LogP contribution in [0.4, 0.5) is 11.4 Å². The van der Waals surface area contributed by atoms with E-state index in [0.717, 1.165) is 12.0 Å². The van der Waals surface area contributed by atoms with E-state index in [0.29, 0.717) is 44.8 Å². The van der Waals surface area contributed by atoms with Gasteiger partial charge in [-0.1, -0.05) is 12.1 Å². The molecule has 0 amide bonds. The van der Waals surface area contributed by atoms with Crippen LogP contribution in [0.1, 0.15) is 25.3 Å². The Morgan fingerprint density at radius 1 is 1.23 bits per heavy atom. The molecule has 1 aliphatic heterocycles. The van der Waals surface area contributed by atoms with Crippen molar-refractivity contribution in [3.63, 3.8) is 0 Å². The second kappa shape index (κ2) is 8.97. The lowest BCUT2D eigenvalue weighted by molar-refractivity contribution is -0.148. The lowest BCUT2D eigenvalue weighted by atomic mass is 9.96. The van der Waals surface area contributed by atoms with Crippen LogP contribution in [-0.4, -0.2) is 40.6 Å². The first-order chi connectivity index (χ1) is 14.2. The topological polar surface area (TPSA) is 136 Å². The molecule has 0 bridgehead atoms. The predicted octanol–water partition coefficient (Wildman–Crippen LogP) is 0.364. The van der Waals surface area contributed by atoms with E-state index in [-0.39, 0.29) is 22.5 Å². The van der Waals surface area contributed by atoms with Gasteiger partial charge in [-0.2, -0.15) is 0 Å². The summed E-state index contributed by atoms with van der Waals surface area (Å²) >= 11 is 0. The van der Waals surface area contributed by atoms with Crippen molar-refractivity contribution >= 4 is 27.4 Å². The van der Waals surface area contributed by atoms with Crippen molar-refractivity contribution in [2.45, 2.75) is 31.1 Å². The van der Waals surface area contributed by atoms with Crippen LogP contribution in [0.5, 0.6) is 0 Å². The average molecular weight is 436 g/mol. The van der Waals surface area contributed by atoms with Gasteiger partial charge >= 0.3 is 5.97 Å². The summed E-state index contributed by atoms with van der Waals surface area (Å²) in [7, 11) is -3.74. The van der Waals surface area contributed by atoms with E-state index in [1.807, 2.05) is 0 Å². The Bertz CT molecular complexity index is 1090. The number of piperidine rings is 1. The standard InChI is InChI=1S/C20H25N3O6S/c1-2-29-20(26)14-4-3-11-23(12-14)17-16(18(24)19(17)25)22-10-9-13-5-7-15(8-6-13)30(21,27)28/h5-8,14,22H,2-4,9-12H2,1H3,(H2,21,27,28)/t14-/m0/s1. The first-order valence-electron chi connectivity index (χ1n) is 9.83. The van der Waals surface area contributed by atoms with Crippen molar-refractivity contribution in [2.75, 3.05) is 36.5 Å². The number of rotatable bonds is 8. The highest BCUT2D eigenvalue weighted by Gasteiger charge is 2.32. The van der Waals surface area contributed by atoms with Crippen LogP contribution >= 0.6 is 0 Å². The number of anilines is 2. The fraction of sp³-hybridized carbons (Fsp3) is 0.450. The van der Waals surface area contributed by atoms with Crippen molar-refractivity contribution in [3.05, 3.63) is 50.3 Å². The largest absolute Gasteiger partial charge is 0.466 e. The third-order valence-electron chi connectivity index (χ3n) is 5.21. The van der Waals surface area contributed by atoms with Crippen LogP contribution in [0.3, 0.4) is 0 Å². The molecule has 10 heteroatoms.